The summed E-state index contributed by atoms with van der Waals surface area (Å²) in [5.41, 5.74) is 1.99. The molecule has 24 heavy (non-hydrogen) atoms. The van der Waals surface area contributed by atoms with Gasteiger partial charge in [-0.05, 0) is 42.5 Å². The van der Waals surface area contributed by atoms with Crippen LogP contribution in [0.15, 0.2) is 53.3 Å². The third kappa shape index (κ3) is 3.52. The second-order valence-corrected chi connectivity index (χ2v) is 4.89. The molecule has 1 N–H and O–H groups in total. The molecule has 122 valence electrons. The minimum Gasteiger partial charge on any atom is -0.497 e. The first-order valence-corrected chi connectivity index (χ1v) is 7.10. The lowest BCUT2D eigenvalue weighted by Gasteiger charge is -2.07. The molecule has 3 rings (SSSR count). The number of anilines is 1. The van der Waals surface area contributed by atoms with E-state index >= 15 is 0 Å². The zero-order chi connectivity index (χ0) is 16.9. The average Bonchev–Trinajstić information content (AvgIpc) is 3.08. The molecule has 0 saturated heterocycles. The summed E-state index contributed by atoms with van der Waals surface area (Å²) < 4.78 is 15.2. The van der Waals surface area contributed by atoms with Gasteiger partial charge in [0.1, 0.15) is 11.3 Å². The number of nitrogens with one attached hydrogen (secondary N) is 1. The van der Waals surface area contributed by atoms with Crippen LogP contribution in [0.25, 0.3) is 11.1 Å². The van der Waals surface area contributed by atoms with Crippen molar-refractivity contribution in [1.82, 2.24) is 4.98 Å². The van der Waals surface area contributed by atoms with Crippen molar-refractivity contribution in [2.75, 3.05) is 19.0 Å². The molecular weight excluding hydrogens is 312 g/mol. The monoisotopic (exact) mass is 326 g/mol. The van der Waals surface area contributed by atoms with E-state index in [2.05, 4.69) is 10.3 Å². The molecule has 0 bridgehead atoms. The molecule has 0 atom stereocenters. The van der Waals surface area contributed by atoms with Crippen molar-refractivity contribution in [2.24, 2.45) is 0 Å². The quantitative estimate of drug-likeness (QED) is 0.725. The largest absolute Gasteiger partial charge is 0.497 e. The third-order valence-electron chi connectivity index (χ3n) is 3.28. The predicted molar refractivity (Wildman–Crippen MR) is 85.9 cm³/mol. The Bertz CT molecular complexity index is 870. The van der Waals surface area contributed by atoms with Gasteiger partial charge < -0.3 is 19.2 Å². The number of carbonyl (C=O) groups excluding carboxylic acids is 2. The first kappa shape index (κ1) is 15.5. The fourth-order valence-electron chi connectivity index (χ4n) is 2.07. The number of amides is 1. The molecule has 0 radical (unpaired) electrons. The van der Waals surface area contributed by atoms with Gasteiger partial charge in [-0.2, -0.15) is 0 Å². The number of hydrogen-bond donors (Lipinski definition) is 1. The lowest BCUT2D eigenvalue weighted by Crippen LogP contribution is -2.20. The Morgan fingerprint density at radius 1 is 1.17 bits per heavy atom. The van der Waals surface area contributed by atoms with E-state index in [9.17, 15) is 9.59 Å². The van der Waals surface area contributed by atoms with Crippen molar-refractivity contribution >= 4 is 28.7 Å². The van der Waals surface area contributed by atoms with Crippen LogP contribution in [0.4, 0.5) is 5.69 Å². The Balaban J connectivity index is 1.55. The maximum Gasteiger partial charge on any atom is 0.338 e. The summed E-state index contributed by atoms with van der Waals surface area (Å²) in [6.45, 7) is -0.390. The van der Waals surface area contributed by atoms with Crippen molar-refractivity contribution < 1.29 is 23.5 Å². The van der Waals surface area contributed by atoms with E-state index in [1.165, 1.54) is 12.5 Å². The average molecular weight is 326 g/mol. The molecule has 1 aromatic heterocycles. The lowest BCUT2D eigenvalue weighted by atomic mass is 10.2. The van der Waals surface area contributed by atoms with Crippen LogP contribution in [0.1, 0.15) is 10.4 Å². The van der Waals surface area contributed by atoms with Crippen LogP contribution >= 0.6 is 0 Å². The Kier molecular flexibility index (Phi) is 4.42. The molecule has 1 amide bonds. The molecule has 0 aliphatic rings. The Morgan fingerprint density at radius 2 is 1.96 bits per heavy atom. The van der Waals surface area contributed by atoms with Crippen LogP contribution in [0, 0.1) is 0 Å². The second kappa shape index (κ2) is 6.82. The zero-order valence-corrected chi connectivity index (χ0v) is 12.8. The number of carbonyl (C=O) groups is 2. The van der Waals surface area contributed by atoms with Gasteiger partial charge in [0.15, 0.2) is 18.6 Å². The third-order valence-corrected chi connectivity index (χ3v) is 3.28. The van der Waals surface area contributed by atoms with Crippen LogP contribution in [0.2, 0.25) is 0 Å². The fraction of sp³-hybridized carbons (Fsp3) is 0.118. The van der Waals surface area contributed by atoms with Gasteiger partial charge in [0, 0.05) is 5.69 Å². The molecule has 0 spiro atoms. The van der Waals surface area contributed by atoms with Gasteiger partial charge in [-0.1, -0.05) is 0 Å². The van der Waals surface area contributed by atoms with Crippen molar-refractivity contribution in [3.63, 3.8) is 0 Å². The lowest BCUT2D eigenvalue weighted by molar-refractivity contribution is -0.119. The molecule has 2 aromatic carbocycles. The molecule has 0 saturated carbocycles. The highest BCUT2D eigenvalue weighted by Crippen LogP contribution is 2.16. The van der Waals surface area contributed by atoms with Crippen LogP contribution < -0.4 is 10.1 Å². The van der Waals surface area contributed by atoms with Crippen LogP contribution in [0.3, 0.4) is 0 Å². The van der Waals surface area contributed by atoms with Gasteiger partial charge in [0.25, 0.3) is 5.91 Å². The minimum absolute atomic E-state index is 0.288. The van der Waals surface area contributed by atoms with E-state index in [-0.39, 0.29) is 12.2 Å². The second-order valence-electron chi connectivity index (χ2n) is 4.89. The Labute approximate surface area is 137 Å². The smallest absolute Gasteiger partial charge is 0.338 e. The Hall–Kier alpha value is -3.35. The number of ether oxygens (including phenoxy) is 2. The topological polar surface area (TPSA) is 90.7 Å². The van der Waals surface area contributed by atoms with Gasteiger partial charge in [-0.3, -0.25) is 4.79 Å². The van der Waals surface area contributed by atoms with Crippen molar-refractivity contribution in [1.29, 1.82) is 0 Å². The van der Waals surface area contributed by atoms with E-state index in [1.54, 1.807) is 43.5 Å². The maximum atomic E-state index is 12.0. The molecule has 3 aromatic rings. The predicted octanol–water partition coefficient (Wildman–Crippen LogP) is 2.63. The standard InChI is InChI=1S/C17H14N2O5/c1-22-13-5-3-12(4-6-13)19-16(20)9-23-17(21)11-2-7-14-15(8-11)24-10-18-14/h2-8,10H,9H2,1H3,(H,19,20). The first-order valence-electron chi connectivity index (χ1n) is 7.10. The summed E-state index contributed by atoms with van der Waals surface area (Å²) in [6.07, 6.45) is 1.29. The number of fused-ring (bicyclic) bond motifs is 1. The van der Waals surface area contributed by atoms with Gasteiger partial charge in [0.2, 0.25) is 0 Å². The maximum absolute atomic E-state index is 12.0. The molecule has 0 aliphatic carbocycles. The fourth-order valence-corrected chi connectivity index (χ4v) is 2.07. The molecule has 0 unspecified atom stereocenters. The van der Waals surface area contributed by atoms with Crippen molar-refractivity contribution in [3.05, 3.63) is 54.4 Å². The number of rotatable bonds is 5. The van der Waals surface area contributed by atoms with Gasteiger partial charge in [-0.25, -0.2) is 9.78 Å². The number of nitrogens with zero attached hydrogens (tertiary/aromatic N) is 1. The van der Waals surface area contributed by atoms with Crippen LogP contribution in [-0.4, -0.2) is 30.6 Å². The first-order chi connectivity index (χ1) is 11.7. The number of hydrogen-bond acceptors (Lipinski definition) is 6. The van der Waals surface area contributed by atoms with Crippen molar-refractivity contribution in [2.45, 2.75) is 0 Å². The van der Waals surface area contributed by atoms with E-state index in [0.717, 1.165) is 0 Å². The minimum atomic E-state index is -0.613. The van der Waals surface area contributed by atoms with E-state index < -0.39 is 11.9 Å². The zero-order valence-electron chi connectivity index (χ0n) is 12.8. The SMILES string of the molecule is COc1ccc(NC(=O)COC(=O)c2ccc3ncoc3c2)cc1. The number of esters is 1. The summed E-state index contributed by atoms with van der Waals surface area (Å²) in [4.78, 5) is 27.8. The van der Waals surface area contributed by atoms with E-state index in [1.807, 2.05) is 0 Å². The Morgan fingerprint density at radius 3 is 2.71 bits per heavy atom. The summed E-state index contributed by atoms with van der Waals surface area (Å²) in [5, 5.41) is 2.63. The number of methoxy groups -OCH3 is 1. The molecule has 7 nitrogen and oxygen atoms in total. The van der Waals surface area contributed by atoms with Crippen LogP contribution in [-0.2, 0) is 9.53 Å². The normalized spacial score (nSPS) is 10.4. The molecule has 7 heteroatoms. The van der Waals surface area contributed by atoms with Gasteiger partial charge in [0.05, 0.1) is 12.7 Å². The molecule has 0 aliphatic heterocycles. The molecule has 1 heterocycles. The van der Waals surface area contributed by atoms with Gasteiger partial charge >= 0.3 is 5.97 Å². The summed E-state index contributed by atoms with van der Waals surface area (Å²) in [6, 6.07) is 11.5. The van der Waals surface area contributed by atoms with E-state index in [0.29, 0.717) is 22.5 Å². The van der Waals surface area contributed by atoms with E-state index in [4.69, 9.17) is 13.9 Å². The number of benzene rings is 2. The van der Waals surface area contributed by atoms with Crippen LogP contribution in [0.5, 0.6) is 5.75 Å². The summed E-state index contributed by atoms with van der Waals surface area (Å²) in [7, 11) is 1.56. The summed E-state index contributed by atoms with van der Waals surface area (Å²) in [5.74, 6) is -0.366. The number of oxazole rings is 1. The highest BCUT2D eigenvalue weighted by molar-refractivity contribution is 5.96. The number of aromatic nitrogens is 1. The summed E-state index contributed by atoms with van der Waals surface area (Å²) >= 11 is 0. The highest BCUT2D eigenvalue weighted by Gasteiger charge is 2.12. The molecular formula is C17H14N2O5. The highest BCUT2D eigenvalue weighted by atomic mass is 16.5. The van der Waals surface area contributed by atoms with Gasteiger partial charge in [-0.15, -0.1) is 0 Å². The van der Waals surface area contributed by atoms with Crippen molar-refractivity contribution in [3.8, 4) is 5.75 Å². The molecule has 0 fully saturated rings.